The van der Waals surface area contributed by atoms with E-state index in [9.17, 15) is 0 Å². The normalized spacial score (nSPS) is 7.91. The molecule has 58 valence electrons. The van der Waals surface area contributed by atoms with Crippen molar-refractivity contribution in [2.75, 3.05) is 0 Å². The van der Waals surface area contributed by atoms with E-state index in [1.54, 1.807) is 0 Å². The van der Waals surface area contributed by atoms with Crippen LogP contribution in [0.15, 0.2) is 12.9 Å². The second kappa shape index (κ2) is 4.63. The van der Waals surface area contributed by atoms with Crippen LogP contribution in [0.5, 0.6) is 0 Å². The number of nitriles is 1. The van der Waals surface area contributed by atoms with Gasteiger partial charge in [0, 0.05) is 6.20 Å². The van der Waals surface area contributed by atoms with Gasteiger partial charge in [0.25, 0.3) is 0 Å². The lowest BCUT2D eigenvalue weighted by atomic mass is 10.5. The van der Waals surface area contributed by atoms with E-state index in [2.05, 4.69) is 16.7 Å². The van der Waals surface area contributed by atoms with Gasteiger partial charge in [0.15, 0.2) is 5.82 Å². The van der Waals surface area contributed by atoms with Gasteiger partial charge in [0.2, 0.25) is 0 Å². The fourth-order valence-corrected chi connectivity index (χ4v) is 0.550. The van der Waals surface area contributed by atoms with Gasteiger partial charge in [-0.25, -0.2) is 9.67 Å². The van der Waals surface area contributed by atoms with Crippen molar-refractivity contribution < 1.29 is 0 Å². The van der Waals surface area contributed by atoms with Gasteiger partial charge in [-0.15, -0.1) is 17.0 Å². The molecule has 0 bridgehead atoms. The predicted molar refractivity (Wildman–Crippen MR) is 46.0 cm³/mol. The lowest BCUT2D eigenvalue weighted by molar-refractivity contribution is 0.898. The number of nitrogens with zero attached hydrogens (tertiary/aromatic N) is 4. The Morgan fingerprint density at radius 2 is 2.55 bits per heavy atom. The zero-order chi connectivity index (χ0) is 7.40. The minimum absolute atomic E-state index is 0. The van der Waals surface area contributed by atoms with Crippen LogP contribution in [0.2, 0.25) is 0 Å². The van der Waals surface area contributed by atoms with Gasteiger partial charge in [-0.2, -0.15) is 10.4 Å². The number of halogens is 1. The molecule has 11 heavy (non-hydrogen) atoms. The van der Waals surface area contributed by atoms with Gasteiger partial charge in [0.1, 0.15) is 6.33 Å². The summed E-state index contributed by atoms with van der Waals surface area (Å²) in [5.74, 6) is 0.530. The second-order valence-electron chi connectivity index (χ2n) is 1.66. The highest BCUT2D eigenvalue weighted by Gasteiger charge is 1.94. The molecule has 1 aromatic heterocycles. The third-order valence-electron chi connectivity index (χ3n) is 0.980. The molecule has 5 heteroatoms. The van der Waals surface area contributed by atoms with Crippen LogP contribution in [-0.4, -0.2) is 14.8 Å². The molecule has 0 aromatic carbocycles. The molecular weight excluding hydrogens is 208 g/mol. The maximum absolute atomic E-state index is 8.24. The predicted octanol–water partition coefficient (Wildman–Crippen LogP) is 1.02. The maximum atomic E-state index is 8.24. The Morgan fingerprint density at radius 3 is 3.00 bits per heavy atom. The average molecular weight is 215 g/mol. The third-order valence-corrected chi connectivity index (χ3v) is 0.980. The molecule has 1 aromatic rings. The molecule has 0 unspecified atom stereocenters. The van der Waals surface area contributed by atoms with Crippen LogP contribution >= 0.6 is 17.0 Å². The molecule has 0 aliphatic carbocycles. The second-order valence-corrected chi connectivity index (χ2v) is 1.66. The molecular formula is C6H7BrN4. The van der Waals surface area contributed by atoms with Crippen molar-refractivity contribution >= 4 is 23.2 Å². The lowest BCUT2D eigenvalue weighted by Gasteiger charge is -1.82. The summed E-state index contributed by atoms with van der Waals surface area (Å²) in [6.07, 6.45) is 3.29. The van der Waals surface area contributed by atoms with E-state index in [0.717, 1.165) is 0 Å². The van der Waals surface area contributed by atoms with Crippen molar-refractivity contribution in [2.24, 2.45) is 0 Å². The fraction of sp³-hybridized carbons (Fsp3) is 0.167. The Labute approximate surface area is 74.9 Å². The molecule has 0 saturated heterocycles. The summed E-state index contributed by atoms with van der Waals surface area (Å²) in [5, 5.41) is 12.1. The highest BCUT2D eigenvalue weighted by Crippen LogP contribution is 1.89. The SMILES string of the molecule is Br.C=Cn1cnc(CC#N)n1. The van der Waals surface area contributed by atoms with E-state index in [4.69, 9.17) is 5.26 Å². The highest BCUT2D eigenvalue weighted by atomic mass is 79.9. The van der Waals surface area contributed by atoms with Crippen LogP contribution in [0.3, 0.4) is 0 Å². The molecule has 1 heterocycles. The van der Waals surface area contributed by atoms with E-state index < -0.39 is 0 Å². The van der Waals surface area contributed by atoms with Crippen LogP contribution in [0.4, 0.5) is 0 Å². The van der Waals surface area contributed by atoms with Crippen LogP contribution in [-0.2, 0) is 6.42 Å². The maximum Gasteiger partial charge on any atom is 0.165 e. The van der Waals surface area contributed by atoms with Gasteiger partial charge in [-0.3, -0.25) is 0 Å². The van der Waals surface area contributed by atoms with Gasteiger partial charge in [-0.05, 0) is 0 Å². The Kier molecular flexibility index (Phi) is 4.15. The first-order valence-electron chi connectivity index (χ1n) is 2.76. The summed E-state index contributed by atoms with van der Waals surface area (Å²) >= 11 is 0. The fourth-order valence-electron chi connectivity index (χ4n) is 0.550. The molecule has 0 saturated carbocycles. The van der Waals surface area contributed by atoms with E-state index in [1.807, 2.05) is 6.07 Å². The summed E-state index contributed by atoms with van der Waals surface area (Å²) < 4.78 is 1.46. The van der Waals surface area contributed by atoms with Crippen LogP contribution in [0.1, 0.15) is 5.82 Å². The van der Waals surface area contributed by atoms with Crippen LogP contribution in [0.25, 0.3) is 6.20 Å². The smallest absolute Gasteiger partial charge is 0.165 e. The minimum Gasteiger partial charge on any atom is -0.229 e. The molecule has 0 aliphatic heterocycles. The monoisotopic (exact) mass is 214 g/mol. The quantitative estimate of drug-likeness (QED) is 0.739. The Balaban J connectivity index is 0.000001000. The van der Waals surface area contributed by atoms with Crippen molar-refractivity contribution in [2.45, 2.75) is 6.42 Å². The van der Waals surface area contributed by atoms with E-state index >= 15 is 0 Å². The summed E-state index contributed by atoms with van der Waals surface area (Å²) in [6.45, 7) is 3.48. The first kappa shape index (κ1) is 9.85. The molecule has 0 aliphatic rings. The summed E-state index contributed by atoms with van der Waals surface area (Å²) in [5.41, 5.74) is 0. The van der Waals surface area contributed by atoms with Gasteiger partial charge < -0.3 is 0 Å². The Morgan fingerprint density at radius 1 is 1.82 bits per heavy atom. The first-order valence-corrected chi connectivity index (χ1v) is 2.76. The number of hydrogen-bond donors (Lipinski definition) is 0. The number of aromatic nitrogens is 3. The Bertz CT molecular complexity index is 272. The van der Waals surface area contributed by atoms with Crippen molar-refractivity contribution in [3.05, 3.63) is 18.7 Å². The molecule has 0 N–H and O–H groups in total. The molecule has 0 fully saturated rings. The van der Waals surface area contributed by atoms with Crippen molar-refractivity contribution in [3.8, 4) is 6.07 Å². The first-order chi connectivity index (χ1) is 4.86. The van der Waals surface area contributed by atoms with Gasteiger partial charge in [0.05, 0.1) is 12.5 Å². The average Bonchev–Trinajstić information content (AvgIpc) is 2.37. The van der Waals surface area contributed by atoms with Crippen LogP contribution in [0, 0.1) is 11.3 Å². The summed E-state index contributed by atoms with van der Waals surface area (Å²) in [6, 6.07) is 1.95. The van der Waals surface area contributed by atoms with Crippen molar-refractivity contribution in [3.63, 3.8) is 0 Å². The van der Waals surface area contributed by atoms with Gasteiger partial charge >= 0.3 is 0 Å². The molecule has 0 amide bonds. The standard InChI is InChI=1S/C6H6N4.BrH/c1-2-10-5-8-6(9-10)3-4-7;/h2,5H,1,3H2;1H. The van der Waals surface area contributed by atoms with E-state index in [1.165, 1.54) is 17.2 Å². The molecule has 0 atom stereocenters. The topological polar surface area (TPSA) is 54.5 Å². The summed E-state index contributed by atoms with van der Waals surface area (Å²) in [7, 11) is 0. The zero-order valence-corrected chi connectivity index (χ0v) is 7.48. The molecule has 1 rings (SSSR count). The zero-order valence-electron chi connectivity index (χ0n) is 5.77. The summed E-state index contributed by atoms with van der Waals surface area (Å²) in [4.78, 5) is 3.83. The minimum atomic E-state index is 0. The van der Waals surface area contributed by atoms with E-state index in [-0.39, 0.29) is 23.4 Å². The highest BCUT2D eigenvalue weighted by molar-refractivity contribution is 8.93. The number of rotatable bonds is 2. The lowest BCUT2D eigenvalue weighted by Crippen LogP contribution is -1.88. The molecule has 4 nitrogen and oxygen atoms in total. The Hall–Kier alpha value is -1.15. The third kappa shape index (κ3) is 2.51. The van der Waals surface area contributed by atoms with E-state index in [0.29, 0.717) is 5.82 Å². The molecule has 0 spiro atoms. The van der Waals surface area contributed by atoms with Crippen LogP contribution < -0.4 is 0 Å². The number of hydrogen-bond acceptors (Lipinski definition) is 3. The molecule has 0 radical (unpaired) electrons. The largest absolute Gasteiger partial charge is 0.229 e. The van der Waals surface area contributed by atoms with Gasteiger partial charge in [-0.1, -0.05) is 6.58 Å². The van der Waals surface area contributed by atoms with Crippen molar-refractivity contribution in [1.29, 1.82) is 5.26 Å². The van der Waals surface area contributed by atoms with Crippen molar-refractivity contribution in [1.82, 2.24) is 14.8 Å².